The van der Waals surface area contributed by atoms with Crippen molar-refractivity contribution in [3.63, 3.8) is 0 Å². The normalized spacial score (nSPS) is 12.2. The molecule has 1 N–H and O–H groups in total. The Balaban J connectivity index is 2.13. The zero-order valence-corrected chi connectivity index (χ0v) is 14.2. The van der Waals surface area contributed by atoms with Crippen LogP contribution in [0.4, 0.5) is 5.13 Å². The maximum Gasteiger partial charge on any atom is 0.239 e. The SMILES string of the molecule is CCC(Br)C(=O)Nc1nc(-c2cccc(Br)c2)cs1. The van der Waals surface area contributed by atoms with Gasteiger partial charge in [0.1, 0.15) is 0 Å². The summed E-state index contributed by atoms with van der Waals surface area (Å²) < 4.78 is 1.01. The molecule has 0 aliphatic carbocycles. The van der Waals surface area contributed by atoms with Crippen LogP contribution in [0, 0.1) is 0 Å². The molecule has 1 aromatic carbocycles. The van der Waals surface area contributed by atoms with E-state index in [9.17, 15) is 4.79 Å². The summed E-state index contributed by atoms with van der Waals surface area (Å²) in [5, 5.41) is 5.37. The molecule has 6 heteroatoms. The minimum absolute atomic E-state index is 0.0577. The molecular weight excluding hydrogens is 392 g/mol. The van der Waals surface area contributed by atoms with E-state index in [1.54, 1.807) is 0 Å². The van der Waals surface area contributed by atoms with E-state index >= 15 is 0 Å². The van der Waals surface area contributed by atoms with Gasteiger partial charge < -0.3 is 5.32 Å². The van der Waals surface area contributed by atoms with E-state index in [0.29, 0.717) is 5.13 Å². The van der Waals surface area contributed by atoms with E-state index in [1.807, 2.05) is 36.6 Å². The number of carbonyl (C=O) groups excluding carboxylic acids is 1. The zero-order chi connectivity index (χ0) is 13.8. The average Bonchev–Trinajstić information content (AvgIpc) is 2.86. The highest BCUT2D eigenvalue weighted by molar-refractivity contribution is 9.10. The first-order valence-electron chi connectivity index (χ1n) is 5.76. The highest BCUT2D eigenvalue weighted by Gasteiger charge is 2.14. The number of amides is 1. The van der Waals surface area contributed by atoms with Gasteiger partial charge in [0.15, 0.2) is 5.13 Å². The van der Waals surface area contributed by atoms with Gasteiger partial charge in [-0.1, -0.05) is 50.9 Å². The molecule has 1 unspecified atom stereocenters. The molecule has 1 heterocycles. The second-order valence-corrected chi connectivity index (χ2v) is 6.79. The lowest BCUT2D eigenvalue weighted by molar-refractivity contribution is -0.115. The van der Waals surface area contributed by atoms with Crippen molar-refractivity contribution >= 4 is 54.2 Å². The number of alkyl halides is 1. The third-order valence-corrected chi connectivity index (χ3v) is 4.81. The van der Waals surface area contributed by atoms with Crippen LogP contribution in [-0.2, 0) is 4.79 Å². The minimum Gasteiger partial charge on any atom is -0.301 e. The molecule has 0 saturated carbocycles. The maximum atomic E-state index is 11.7. The molecular formula is C13H12Br2N2OS. The van der Waals surface area contributed by atoms with Gasteiger partial charge in [0.2, 0.25) is 5.91 Å². The Morgan fingerprint density at radius 3 is 3.00 bits per heavy atom. The van der Waals surface area contributed by atoms with E-state index < -0.39 is 0 Å². The van der Waals surface area contributed by atoms with Crippen LogP contribution in [0.5, 0.6) is 0 Å². The first-order valence-corrected chi connectivity index (χ1v) is 8.35. The highest BCUT2D eigenvalue weighted by atomic mass is 79.9. The van der Waals surface area contributed by atoms with E-state index in [2.05, 4.69) is 42.2 Å². The van der Waals surface area contributed by atoms with Crippen LogP contribution >= 0.6 is 43.2 Å². The Hall–Kier alpha value is -0.720. The molecule has 1 aromatic heterocycles. The van der Waals surface area contributed by atoms with Gasteiger partial charge >= 0.3 is 0 Å². The topological polar surface area (TPSA) is 42.0 Å². The smallest absolute Gasteiger partial charge is 0.239 e. The van der Waals surface area contributed by atoms with Crippen molar-refractivity contribution in [2.75, 3.05) is 5.32 Å². The number of nitrogens with one attached hydrogen (secondary N) is 1. The maximum absolute atomic E-state index is 11.7. The lowest BCUT2D eigenvalue weighted by Crippen LogP contribution is -2.21. The summed E-state index contributed by atoms with van der Waals surface area (Å²) in [7, 11) is 0. The molecule has 0 aliphatic heterocycles. The second-order valence-electron chi connectivity index (χ2n) is 3.91. The van der Waals surface area contributed by atoms with E-state index in [1.165, 1.54) is 11.3 Å². The first kappa shape index (κ1) is 14.7. The summed E-state index contributed by atoms with van der Waals surface area (Å²) in [5.41, 5.74) is 1.89. The average molecular weight is 404 g/mol. The summed E-state index contributed by atoms with van der Waals surface area (Å²) in [6.45, 7) is 1.95. The van der Waals surface area contributed by atoms with Gasteiger partial charge in [-0.2, -0.15) is 0 Å². The van der Waals surface area contributed by atoms with Crippen molar-refractivity contribution in [2.24, 2.45) is 0 Å². The van der Waals surface area contributed by atoms with Crippen LogP contribution in [0.15, 0.2) is 34.1 Å². The monoisotopic (exact) mass is 402 g/mol. The Morgan fingerprint density at radius 2 is 2.32 bits per heavy atom. The molecule has 2 aromatic rings. The lowest BCUT2D eigenvalue weighted by atomic mass is 10.2. The largest absolute Gasteiger partial charge is 0.301 e. The van der Waals surface area contributed by atoms with Crippen LogP contribution < -0.4 is 5.32 Å². The summed E-state index contributed by atoms with van der Waals surface area (Å²) in [5.74, 6) is -0.0577. The van der Waals surface area contributed by atoms with Crippen molar-refractivity contribution in [3.05, 3.63) is 34.1 Å². The van der Waals surface area contributed by atoms with Gasteiger partial charge in [-0.05, 0) is 18.6 Å². The number of carbonyl (C=O) groups is 1. The third kappa shape index (κ3) is 3.87. The fourth-order valence-electron chi connectivity index (χ4n) is 1.48. The van der Waals surface area contributed by atoms with Crippen molar-refractivity contribution in [1.29, 1.82) is 0 Å². The number of rotatable bonds is 4. The molecule has 0 fully saturated rings. The van der Waals surface area contributed by atoms with Gasteiger partial charge in [0, 0.05) is 15.4 Å². The highest BCUT2D eigenvalue weighted by Crippen LogP contribution is 2.27. The molecule has 0 radical (unpaired) electrons. The predicted molar refractivity (Wildman–Crippen MR) is 86.9 cm³/mol. The fraction of sp³-hybridized carbons (Fsp3) is 0.231. The fourth-order valence-corrected chi connectivity index (χ4v) is 2.72. The van der Waals surface area contributed by atoms with Gasteiger partial charge in [0.05, 0.1) is 10.5 Å². The standard InChI is InChI=1S/C13H12Br2N2OS/c1-2-10(15)12(18)17-13-16-11(7-19-13)8-4-3-5-9(14)6-8/h3-7,10H,2H2,1H3,(H,16,17,18). The van der Waals surface area contributed by atoms with Gasteiger partial charge in [-0.3, -0.25) is 4.79 Å². The van der Waals surface area contributed by atoms with E-state index in [0.717, 1.165) is 22.2 Å². The van der Waals surface area contributed by atoms with Crippen LogP contribution in [-0.4, -0.2) is 15.7 Å². The molecule has 0 bridgehead atoms. The molecule has 1 atom stereocenters. The molecule has 0 saturated heterocycles. The summed E-state index contributed by atoms with van der Waals surface area (Å²) in [6, 6.07) is 7.92. The number of halogens is 2. The predicted octanol–water partition coefficient (Wildman–Crippen LogP) is 4.68. The van der Waals surface area contributed by atoms with Crippen LogP contribution in [0.25, 0.3) is 11.3 Å². The van der Waals surface area contributed by atoms with Crippen LogP contribution in [0.1, 0.15) is 13.3 Å². The van der Waals surface area contributed by atoms with Crippen LogP contribution in [0.2, 0.25) is 0 Å². The molecule has 0 spiro atoms. The second kappa shape index (κ2) is 6.63. The summed E-state index contributed by atoms with van der Waals surface area (Å²) in [6.07, 6.45) is 0.746. The van der Waals surface area contributed by atoms with Gasteiger partial charge in [-0.25, -0.2) is 4.98 Å². The molecule has 2 rings (SSSR count). The number of aromatic nitrogens is 1. The van der Waals surface area contributed by atoms with E-state index in [-0.39, 0.29) is 10.7 Å². The number of hydrogen-bond donors (Lipinski definition) is 1. The lowest BCUT2D eigenvalue weighted by Gasteiger charge is -2.05. The molecule has 3 nitrogen and oxygen atoms in total. The zero-order valence-electron chi connectivity index (χ0n) is 10.2. The summed E-state index contributed by atoms with van der Waals surface area (Å²) in [4.78, 5) is 16.0. The molecule has 100 valence electrons. The Morgan fingerprint density at radius 1 is 1.53 bits per heavy atom. The Labute approximate surface area is 132 Å². The van der Waals surface area contributed by atoms with E-state index in [4.69, 9.17) is 0 Å². The Bertz CT molecular complexity index is 586. The summed E-state index contributed by atoms with van der Waals surface area (Å²) >= 11 is 8.18. The quantitative estimate of drug-likeness (QED) is 0.752. The van der Waals surface area contributed by atoms with Crippen LogP contribution in [0.3, 0.4) is 0 Å². The number of anilines is 1. The van der Waals surface area contributed by atoms with Gasteiger partial charge in [0.25, 0.3) is 0 Å². The number of hydrogen-bond acceptors (Lipinski definition) is 3. The first-order chi connectivity index (χ1) is 9.10. The van der Waals surface area contributed by atoms with Gasteiger partial charge in [-0.15, -0.1) is 11.3 Å². The number of thiazole rings is 1. The molecule has 0 aliphatic rings. The van der Waals surface area contributed by atoms with Crippen molar-refractivity contribution in [1.82, 2.24) is 4.98 Å². The Kier molecular flexibility index (Phi) is 5.13. The van der Waals surface area contributed by atoms with Crippen molar-refractivity contribution in [2.45, 2.75) is 18.2 Å². The number of benzene rings is 1. The number of nitrogens with zero attached hydrogens (tertiary/aromatic N) is 1. The minimum atomic E-state index is -0.175. The van der Waals surface area contributed by atoms with Crippen molar-refractivity contribution in [3.8, 4) is 11.3 Å². The molecule has 1 amide bonds. The van der Waals surface area contributed by atoms with Crippen molar-refractivity contribution < 1.29 is 4.79 Å². The molecule has 19 heavy (non-hydrogen) atoms. The third-order valence-electron chi connectivity index (χ3n) is 2.50.